The van der Waals surface area contributed by atoms with Crippen LogP contribution >= 0.6 is 12.4 Å². The zero-order valence-electron chi connectivity index (χ0n) is 16.9. The van der Waals surface area contributed by atoms with E-state index >= 15 is 0 Å². The van der Waals surface area contributed by atoms with Gasteiger partial charge in [-0.2, -0.15) is 0 Å². The molecule has 0 saturated heterocycles. The molecule has 2 atom stereocenters. The van der Waals surface area contributed by atoms with E-state index in [4.69, 9.17) is 10.5 Å². The zero-order valence-corrected chi connectivity index (χ0v) is 17.7. The number of nitrogens with two attached hydrogens (primary N) is 1. The second-order valence-electron chi connectivity index (χ2n) is 7.15. The van der Waals surface area contributed by atoms with Crippen molar-refractivity contribution in [2.45, 2.75) is 18.9 Å². The molecule has 0 aliphatic carbocycles. The van der Waals surface area contributed by atoms with E-state index < -0.39 is 12.0 Å². The van der Waals surface area contributed by atoms with Crippen LogP contribution in [0, 0.1) is 5.92 Å². The van der Waals surface area contributed by atoms with Crippen molar-refractivity contribution >= 4 is 35.1 Å². The molecule has 0 bridgehead atoms. The first-order chi connectivity index (χ1) is 14.1. The Morgan fingerprint density at radius 1 is 0.900 bits per heavy atom. The van der Waals surface area contributed by atoms with Crippen LogP contribution in [-0.4, -0.2) is 31.6 Å². The monoisotopic (exact) mass is 426 g/mol. The van der Waals surface area contributed by atoms with Crippen molar-refractivity contribution in [3.63, 3.8) is 0 Å². The normalized spacial score (nSPS) is 12.5. The van der Waals surface area contributed by atoms with Gasteiger partial charge in [-0.1, -0.05) is 72.8 Å². The molecule has 5 nitrogen and oxygen atoms in total. The van der Waals surface area contributed by atoms with Gasteiger partial charge in [-0.3, -0.25) is 9.59 Å². The quantitative estimate of drug-likeness (QED) is 0.541. The number of fused-ring (bicyclic) bond motifs is 1. The summed E-state index contributed by atoms with van der Waals surface area (Å²) in [5.74, 6) is -1.11. The summed E-state index contributed by atoms with van der Waals surface area (Å²) >= 11 is 0. The Bertz CT molecular complexity index is 978. The highest BCUT2D eigenvalue weighted by Gasteiger charge is 2.22. The zero-order chi connectivity index (χ0) is 20.6. The molecule has 158 valence electrons. The molecule has 0 spiro atoms. The number of hydrogen-bond acceptors (Lipinski definition) is 4. The van der Waals surface area contributed by atoms with E-state index in [9.17, 15) is 9.59 Å². The maximum atomic E-state index is 12.4. The Morgan fingerprint density at radius 3 is 2.27 bits per heavy atom. The van der Waals surface area contributed by atoms with Crippen molar-refractivity contribution in [2.75, 3.05) is 13.7 Å². The van der Waals surface area contributed by atoms with Crippen molar-refractivity contribution in [3.8, 4) is 0 Å². The Kier molecular flexibility index (Phi) is 8.84. The molecule has 6 heteroatoms. The summed E-state index contributed by atoms with van der Waals surface area (Å²) in [4.78, 5) is 24.7. The van der Waals surface area contributed by atoms with Gasteiger partial charge in [-0.15, -0.1) is 12.4 Å². The number of hydrogen-bond donors (Lipinski definition) is 2. The molecule has 0 saturated carbocycles. The predicted octanol–water partition coefficient (Wildman–Crippen LogP) is 3.28. The Hall–Kier alpha value is -2.89. The highest BCUT2D eigenvalue weighted by Crippen LogP contribution is 2.18. The van der Waals surface area contributed by atoms with Crippen molar-refractivity contribution < 1.29 is 14.3 Å². The third-order valence-corrected chi connectivity index (χ3v) is 4.99. The van der Waals surface area contributed by atoms with E-state index in [-0.39, 0.29) is 30.8 Å². The standard InChI is InChI=1S/C24H26N2O3.ClH/c1-29-24(28)21(14-18-11-12-19-9-5-6-10-20(19)13-18)16-26-23(27)22(25)15-17-7-3-2-4-8-17;/h2-13,21-22H,14-16,25H2,1H3,(H,26,27);1H/t21?,22-;/m0./s1. The lowest BCUT2D eigenvalue weighted by Crippen LogP contribution is -2.45. The summed E-state index contributed by atoms with van der Waals surface area (Å²) in [5, 5.41) is 5.07. The topological polar surface area (TPSA) is 81.4 Å². The van der Waals surface area contributed by atoms with E-state index in [2.05, 4.69) is 11.4 Å². The van der Waals surface area contributed by atoms with Gasteiger partial charge in [0.15, 0.2) is 0 Å². The molecule has 3 aromatic rings. The van der Waals surface area contributed by atoms with Gasteiger partial charge in [-0.25, -0.2) is 0 Å². The second kappa shape index (κ2) is 11.3. The molecule has 0 aromatic heterocycles. The van der Waals surface area contributed by atoms with E-state index in [0.717, 1.165) is 21.9 Å². The van der Waals surface area contributed by atoms with Crippen LogP contribution in [0.3, 0.4) is 0 Å². The summed E-state index contributed by atoms with van der Waals surface area (Å²) in [5.41, 5.74) is 8.04. The van der Waals surface area contributed by atoms with Crippen LogP contribution in [0.4, 0.5) is 0 Å². The Labute approximate surface area is 183 Å². The maximum Gasteiger partial charge on any atom is 0.310 e. The minimum absolute atomic E-state index is 0. The molecule has 1 amide bonds. The van der Waals surface area contributed by atoms with Crippen LogP contribution < -0.4 is 11.1 Å². The number of carbonyl (C=O) groups excluding carboxylic acids is 2. The molecular formula is C24H27ClN2O3. The molecule has 0 heterocycles. The largest absolute Gasteiger partial charge is 0.469 e. The summed E-state index contributed by atoms with van der Waals surface area (Å²) < 4.78 is 4.94. The van der Waals surface area contributed by atoms with Crippen LogP contribution in [-0.2, 0) is 27.2 Å². The van der Waals surface area contributed by atoms with E-state index in [0.29, 0.717) is 12.8 Å². The van der Waals surface area contributed by atoms with E-state index in [1.54, 1.807) is 0 Å². The number of benzene rings is 3. The fourth-order valence-electron chi connectivity index (χ4n) is 3.37. The van der Waals surface area contributed by atoms with Gasteiger partial charge in [0.05, 0.1) is 19.1 Å². The number of nitrogens with one attached hydrogen (secondary N) is 1. The molecule has 0 fully saturated rings. The maximum absolute atomic E-state index is 12.4. The van der Waals surface area contributed by atoms with Gasteiger partial charge in [0.25, 0.3) is 0 Å². The van der Waals surface area contributed by atoms with Crippen LogP contribution in [0.1, 0.15) is 11.1 Å². The predicted molar refractivity (Wildman–Crippen MR) is 122 cm³/mol. The molecule has 3 N–H and O–H groups in total. The van der Waals surface area contributed by atoms with Crippen LogP contribution in [0.5, 0.6) is 0 Å². The summed E-state index contributed by atoms with van der Waals surface area (Å²) in [7, 11) is 1.36. The highest BCUT2D eigenvalue weighted by molar-refractivity contribution is 5.85. The average molecular weight is 427 g/mol. The number of rotatable bonds is 8. The molecule has 0 aliphatic heterocycles. The van der Waals surface area contributed by atoms with Gasteiger partial charge in [0.1, 0.15) is 0 Å². The fraction of sp³-hybridized carbons (Fsp3) is 0.250. The van der Waals surface area contributed by atoms with Gasteiger partial charge >= 0.3 is 5.97 Å². The van der Waals surface area contributed by atoms with Gasteiger partial charge in [0, 0.05) is 6.54 Å². The number of amides is 1. The lowest BCUT2D eigenvalue weighted by atomic mass is 9.96. The van der Waals surface area contributed by atoms with Crippen molar-refractivity contribution in [1.29, 1.82) is 0 Å². The third-order valence-electron chi connectivity index (χ3n) is 4.99. The number of carbonyl (C=O) groups is 2. The van der Waals surface area contributed by atoms with Gasteiger partial charge in [-0.05, 0) is 34.7 Å². The average Bonchev–Trinajstić information content (AvgIpc) is 2.76. The second-order valence-corrected chi connectivity index (χ2v) is 7.15. The Balaban J connectivity index is 0.00000320. The first-order valence-corrected chi connectivity index (χ1v) is 9.69. The van der Waals surface area contributed by atoms with Gasteiger partial charge < -0.3 is 15.8 Å². The Morgan fingerprint density at radius 2 is 1.57 bits per heavy atom. The summed E-state index contributed by atoms with van der Waals surface area (Å²) in [6, 6.07) is 23.1. The number of halogens is 1. The molecule has 0 aliphatic rings. The first-order valence-electron chi connectivity index (χ1n) is 9.69. The lowest BCUT2D eigenvalue weighted by Gasteiger charge is -2.18. The summed E-state index contributed by atoms with van der Waals surface area (Å²) in [6.07, 6.45) is 0.923. The molecule has 3 rings (SSSR count). The molecule has 30 heavy (non-hydrogen) atoms. The number of ether oxygens (including phenoxy) is 1. The van der Waals surface area contributed by atoms with E-state index in [1.165, 1.54) is 7.11 Å². The van der Waals surface area contributed by atoms with Crippen molar-refractivity contribution in [3.05, 3.63) is 83.9 Å². The van der Waals surface area contributed by atoms with Crippen LogP contribution in [0.15, 0.2) is 72.8 Å². The van der Waals surface area contributed by atoms with Crippen LogP contribution in [0.2, 0.25) is 0 Å². The number of methoxy groups -OCH3 is 1. The highest BCUT2D eigenvalue weighted by atomic mass is 35.5. The van der Waals surface area contributed by atoms with Crippen LogP contribution in [0.25, 0.3) is 10.8 Å². The SMILES string of the molecule is COC(=O)C(CNC(=O)[C@@H](N)Cc1ccccc1)Cc1ccc2ccccc2c1.Cl. The van der Waals surface area contributed by atoms with E-state index in [1.807, 2.05) is 66.7 Å². The summed E-state index contributed by atoms with van der Waals surface area (Å²) in [6.45, 7) is 0.181. The third kappa shape index (κ3) is 6.31. The minimum Gasteiger partial charge on any atom is -0.469 e. The first kappa shape index (κ1) is 23.4. The smallest absolute Gasteiger partial charge is 0.310 e. The molecule has 3 aromatic carbocycles. The molecular weight excluding hydrogens is 400 g/mol. The van der Waals surface area contributed by atoms with Crippen molar-refractivity contribution in [1.82, 2.24) is 5.32 Å². The minimum atomic E-state index is -0.670. The van der Waals surface area contributed by atoms with Gasteiger partial charge in [0.2, 0.25) is 5.91 Å². The molecule has 1 unspecified atom stereocenters. The fourth-order valence-corrected chi connectivity index (χ4v) is 3.37. The van der Waals surface area contributed by atoms with Crippen molar-refractivity contribution in [2.24, 2.45) is 11.7 Å². The molecule has 0 radical (unpaired) electrons. The lowest BCUT2D eigenvalue weighted by molar-refractivity contribution is -0.145. The number of esters is 1.